The lowest BCUT2D eigenvalue weighted by Gasteiger charge is -2.37. The Bertz CT molecular complexity index is 376. The fourth-order valence-corrected chi connectivity index (χ4v) is 3.49. The van der Waals surface area contributed by atoms with E-state index in [1.54, 1.807) is 19.0 Å². The third-order valence-corrected chi connectivity index (χ3v) is 4.98. The van der Waals surface area contributed by atoms with Gasteiger partial charge in [0.15, 0.2) is 0 Å². The fourth-order valence-electron chi connectivity index (χ4n) is 3.49. The maximum Gasteiger partial charge on any atom is 0.239 e. The average molecular weight is 295 g/mol. The largest absolute Gasteiger partial charge is 0.349 e. The molecule has 2 rings (SSSR count). The summed E-state index contributed by atoms with van der Waals surface area (Å²) in [4.78, 5) is 28.2. The molecule has 2 amide bonds. The summed E-state index contributed by atoms with van der Waals surface area (Å²) in [6.45, 7) is 4.59. The van der Waals surface area contributed by atoms with Crippen LogP contribution in [0.3, 0.4) is 0 Å². The van der Waals surface area contributed by atoms with Gasteiger partial charge in [-0.05, 0) is 38.1 Å². The number of amides is 2. The van der Waals surface area contributed by atoms with Crippen LogP contribution in [0.5, 0.6) is 0 Å². The Morgan fingerprint density at radius 3 is 2.43 bits per heavy atom. The highest BCUT2D eigenvalue weighted by atomic mass is 16.2. The molecule has 1 N–H and O–H groups in total. The van der Waals surface area contributed by atoms with Gasteiger partial charge in [-0.25, -0.2) is 0 Å². The van der Waals surface area contributed by atoms with E-state index in [0.717, 1.165) is 45.3 Å². The van der Waals surface area contributed by atoms with Crippen molar-refractivity contribution in [3.05, 3.63) is 0 Å². The minimum absolute atomic E-state index is 0.00944. The van der Waals surface area contributed by atoms with Crippen LogP contribution in [0.2, 0.25) is 0 Å². The first-order valence-electron chi connectivity index (χ1n) is 8.26. The van der Waals surface area contributed by atoms with Gasteiger partial charge in [-0.1, -0.05) is 13.3 Å². The van der Waals surface area contributed by atoms with E-state index in [4.69, 9.17) is 0 Å². The van der Waals surface area contributed by atoms with Crippen LogP contribution in [0.4, 0.5) is 0 Å². The van der Waals surface area contributed by atoms with Gasteiger partial charge in [0.25, 0.3) is 0 Å². The molecule has 0 spiro atoms. The molecule has 5 nitrogen and oxygen atoms in total. The second kappa shape index (κ2) is 7.25. The van der Waals surface area contributed by atoms with Crippen LogP contribution in [0.1, 0.15) is 39.0 Å². The van der Waals surface area contributed by atoms with Crippen LogP contribution in [-0.2, 0) is 9.59 Å². The summed E-state index contributed by atoms with van der Waals surface area (Å²) in [5.74, 6) is 1.20. The molecule has 2 aliphatic heterocycles. The predicted octanol–water partition coefficient (Wildman–Crippen LogP) is 1.09. The molecular weight excluding hydrogens is 266 g/mol. The van der Waals surface area contributed by atoms with Crippen molar-refractivity contribution in [2.45, 2.75) is 45.1 Å². The van der Waals surface area contributed by atoms with Gasteiger partial charge < -0.3 is 15.1 Å². The molecule has 0 saturated carbocycles. The molecule has 21 heavy (non-hydrogen) atoms. The molecule has 0 aromatic rings. The number of piperidine rings is 2. The van der Waals surface area contributed by atoms with Crippen molar-refractivity contribution >= 4 is 11.8 Å². The number of likely N-dealkylation sites (tertiary alicyclic amines) is 1. The van der Waals surface area contributed by atoms with Crippen molar-refractivity contribution in [3.8, 4) is 0 Å². The van der Waals surface area contributed by atoms with E-state index in [-0.39, 0.29) is 23.8 Å². The summed E-state index contributed by atoms with van der Waals surface area (Å²) < 4.78 is 0. The zero-order chi connectivity index (χ0) is 15.4. The minimum atomic E-state index is -0.00944. The Labute approximate surface area is 128 Å². The second-order valence-corrected chi connectivity index (χ2v) is 6.64. The molecule has 120 valence electrons. The van der Waals surface area contributed by atoms with Crippen LogP contribution >= 0.6 is 0 Å². The molecule has 2 unspecified atom stereocenters. The first-order chi connectivity index (χ1) is 10.0. The van der Waals surface area contributed by atoms with Crippen LogP contribution in [0.25, 0.3) is 0 Å². The van der Waals surface area contributed by atoms with Gasteiger partial charge in [-0.2, -0.15) is 0 Å². The molecule has 0 aromatic carbocycles. The first-order valence-corrected chi connectivity index (χ1v) is 8.26. The number of hydrogen-bond donors (Lipinski definition) is 1. The van der Waals surface area contributed by atoms with Gasteiger partial charge in [0.2, 0.25) is 11.8 Å². The second-order valence-electron chi connectivity index (χ2n) is 6.64. The third kappa shape index (κ3) is 3.96. The van der Waals surface area contributed by atoms with E-state index in [1.165, 1.54) is 6.42 Å². The number of hydrogen-bond acceptors (Lipinski definition) is 3. The number of nitrogens with zero attached hydrogens (tertiary/aromatic N) is 2. The molecule has 2 saturated heterocycles. The van der Waals surface area contributed by atoms with E-state index >= 15 is 0 Å². The number of nitrogens with one attached hydrogen (secondary N) is 1. The first kappa shape index (κ1) is 16.3. The molecule has 2 aliphatic rings. The van der Waals surface area contributed by atoms with Crippen molar-refractivity contribution in [2.75, 3.05) is 33.7 Å². The van der Waals surface area contributed by atoms with Gasteiger partial charge in [0.05, 0.1) is 6.04 Å². The summed E-state index contributed by atoms with van der Waals surface area (Å²) in [5.41, 5.74) is 0. The maximum absolute atomic E-state index is 12.6. The smallest absolute Gasteiger partial charge is 0.239 e. The Kier molecular flexibility index (Phi) is 5.62. The van der Waals surface area contributed by atoms with Crippen LogP contribution < -0.4 is 5.32 Å². The van der Waals surface area contributed by atoms with E-state index in [9.17, 15) is 9.59 Å². The van der Waals surface area contributed by atoms with Crippen LogP contribution in [0, 0.1) is 11.8 Å². The lowest BCUT2D eigenvalue weighted by Crippen LogP contribution is -2.52. The topological polar surface area (TPSA) is 52.7 Å². The van der Waals surface area contributed by atoms with Crippen molar-refractivity contribution in [1.82, 2.24) is 15.1 Å². The Morgan fingerprint density at radius 1 is 1.19 bits per heavy atom. The predicted molar refractivity (Wildman–Crippen MR) is 82.8 cm³/mol. The lowest BCUT2D eigenvalue weighted by atomic mass is 9.89. The van der Waals surface area contributed by atoms with Crippen molar-refractivity contribution in [2.24, 2.45) is 11.8 Å². The molecule has 2 atom stereocenters. The minimum Gasteiger partial charge on any atom is -0.349 e. The molecule has 0 aromatic heterocycles. The van der Waals surface area contributed by atoms with E-state index < -0.39 is 0 Å². The summed E-state index contributed by atoms with van der Waals surface area (Å²) in [5, 5.41) is 3.37. The fraction of sp³-hybridized carbons (Fsp3) is 0.875. The molecule has 2 fully saturated rings. The monoisotopic (exact) mass is 295 g/mol. The summed E-state index contributed by atoms with van der Waals surface area (Å²) in [7, 11) is 3.60. The molecule has 5 heteroatoms. The van der Waals surface area contributed by atoms with Crippen LogP contribution in [0.15, 0.2) is 0 Å². The highest BCUT2D eigenvalue weighted by molar-refractivity contribution is 5.83. The summed E-state index contributed by atoms with van der Waals surface area (Å²) in [6, 6.07) is -0.00944. The van der Waals surface area contributed by atoms with Gasteiger partial charge in [0.1, 0.15) is 0 Å². The molecule has 2 heterocycles. The van der Waals surface area contributed by atoms with Gasteiger partial charge in [0, 0.05) is 33.1 Å². The highest BCUT2D eigenvalue weighted by Crippen LogP contribution is 2.23. The van der Waals surface area contributed by atoms with Crippen molar-refractivity contribution in [3.63, 3.8) is 0 Å². The Balaban J connectivity index is 1.84. The molecule has 0 radical (unpaired) electrons. The lowest BCUT2D eigenvalue weighted by molar-refractivity contribution is -0.140. The summed E-state index contributed by atoms with van der Waals surface area (Å²) in [6.07, 6.45) is 4.90. The number of rotatable bonds is 3. The Hall–Kier alpha value is -1.10. The van der Waals surface area contributed by atoms with E-state index in [2.05, 4.69) is 12.2 Å². The highest BCUT2D eigenvalue weighted by Gasteiger charge is 2.33. The third-order valence-electron chi connectivity index (χ3n) is 4.98. The van der Waals surface area contributed by atoms with E-state index in [1.807, 2.05) is 4.90 Å². The molecule has 0 aliphatic carbocycles. The maximum atomic E-state index is 12.6. The SMILES string of the molecule is CCC1CCNC(C(=O)N2CCC(C(=O)N(C)C)CC2)C1. The quantitative estimate of drug-likeness (QED) is 0.848. The molecule has 0 bridgehead atoms. The number of carbonyl (C=O) groups excluding carboxylic acids is 2. The van der Waals surface area contributed by atoms with Crippen molar-refractivity contribution < 1.29 is 9.59 Å². The van der Waals surface area contributed by atoms with Gasteiger partial charge >= 0.3 is 0 Å². The molecular formula is C16H29N3O2. The number of carbonyl (C=O) groups is 2. The van der Waals surface area contributed by atoms with E-state index in [0.29, 0.717) is 5.92 Å². The van der Waals surface area contributed by atoms with Crippen LogP contribution in [-0.4, -0.2) is 61.4 Å². The normalized spacial score (nSPS) is 27.5. The van der Waals surface area contributed by atoms with Gasteiger partial charge in [-0.3, -0.25) is 9.59 Å². The van der Waals surface area contributed by atoms with Gasteiger partial charge in [-0.15, -0.1) is 0 Å². The zero-order valence-electron chi connectivity index (χ0n) is 13.6. The zero-order valence-corrected chi connectivity index (χ0v) is 13.6. The standard InChI is InChI=1S/C16H29N3O2/c1-4-12-5-8-17-14(11-12)16(21)19-9-6-13(7-10-19)15(20)18(2)3/h12-14,17H,4-11H2,1-3H3. The summed E-state index contributed by atoms with van der Waals surface area (Å²) >= 11 is 0. The average Bonchev–Trinajstić information content (AvgIpc) is 2.53. The Morgan fingerprint density at radius 2 is 1.86 bits per heavy atom. The van der Waals surface area contributed by atoms with Crippen molar-refractivity contribution in [1.29, 1.82) is 0 Å².